The molecule has 10 heteroatoms. The Balaban J connectivity index is -0.0000000753. The number of carbonyl (C=O) groups is 1. The maximum absolute atomic E-state index is 10.3. The van der Waals surface area contributed by atoms with Crippen LogP contribution in [0.4, 0.5) is 0 Å². The van der Waals surface area contributed by atoms with E-state index in [9.17, 15) is 4.79 Å². The molecule has 0 spiro atoms. The van der Waals surface area contributed by atoms with Crippen LogP contribution in [-0.2, 0) is 25.9 Å². The second-order valence-corrected chi connectivity index (χ2v) is 5.11. The number of nitrogens with zero attached hydrogens (tertiary/aromatic N) is 1. The summed E-state index contributed by atoms with van der Waals surface area (Å²) in [6.45, 7) is 2.25. The van der Waals surface area contributed by atoms with Gasteiger partial charge in [-0.05, 0) is 6.42 Å². The zero-order valence-electron chi connectivity index (χ0n) is 15.3. The van der Waals surface area contributed by atoms with Gasteiger partial charge in [-0.3, -0.25) is 4.79 Å². The topological polar surface area (TPSA) is 157 Å². The van der Waals surface area contributed by atoms with E-state index in [1.165, 1.54) is 69.5 Å². The minimum Gasteiger partial charge on any atom is -1.00 e. The molecule has 0 saturated heterocycles. The molecule has 0 rings (SSSR count). The Morgan fingerprint density at radius 2 is 1.00 bits per heavy atom. The molecule has 0 aliphatic carbocycles. The summed E-state index contributed by atoms with van der Waals surface area (Å²) in [5, 5.41) is 16.4. The van der Waals surface area contributed by atoms with Crippen molar-refractivity contribution in [1.29, 1.82) is 0 Å². The Kier molecular flexibility index (Phi) is 78.2. The quantitative estimate of drug-likeness (QED) is 0.131. The predicted molar refractivity (Wildman–Crippen MR) is 91.0 cm³/mol. The smallest absolute Gasteiger partial charge is 1.00 e. The molecule has 0 saturated carbocycles. The van der Waals surface area contributed by atoms with Crippen LogP contribution >= 0.6 is 0 Å². The molecule has 0 aromatic heterocycles. The van der Waals surface area contributed by atoms with Crippen LogP contribution < -0.4 is 37.1 Å². The first kappa shape index (κ1) is 44.5. The van der Waals surface area contributed by atoms with Gasteiger partial charge < -0.3 is 47.4 Å². The van der Waals surface area contributed by atoms with E-state index < -0.39 is 5.97 Å². The number of rotatable bonds is 13. The van der Waals surface area contributed by atoms with Crippen LogP contribution in [0.2, 0.25) is 0 Å². The first-order chi connectivity index (χ1) is 9.68. The number of hydrogen-bond acceptors (Lipinski definition) is 5. The van der Waals surface area contributed by atoms with Crippen molar-refractivity contribution in [1.82, 2.24) is 12.3 Å². The summed E-state index contributed by atoms with van der Waals surface area (Å²) >= 11 is 0. The van der Waals surface area contributed by atoms with Crippen molar-refractivity contribution in [2.24, 2.45) is 5.34 Å². The second kappa shape index (κ2) is 44.0. The zero-order valence-corrected chi connectivity index (χ0v) is 19.1. The molecule has 0 amide bonds. The van der Waals surface area contributed by atoms with Gasteiger partial charge in [0.15, 0.2) is 5.34 Å². The molecule has 0 fully saturated rings. The van der Waals surface area contributed by atoms with Crippen molar-refractivity contribution in [2.75, 3.05) is 0 Å². The average molecular weight is 589 g/mol. The van der Waals surface area contributed by atoms with Gasteiger partial charge in [-0.1, -0.05) is 77.6 Å². The van der Waals surface area contributed by atoms with E-state index >= 15 is 0 Å². The number of hydrogen-bond donors (Lipinski definition) is 4. The second-order valence-electron chi connectivity index (χ2n) is 5.11. The van der Waals surface area contributed by atoms with Crippen molar-refractivity contribution in [3.05, 3.63) is 4.91 Å². The Morgan fingerprint density at radius 3 is 1.24 bits per heavy atom. The Labute approximate surface area is 179 Å². The SMILES string of the molecule is CCCCCCCCCCCCCCC(=O)O.N.N.O=NO.[Cl-].[Cl-].[Pt+4]. The molecule has 158 valence electrons. The summed E-state index contributed by atoms with van der Waals surface area (Å²) in [5.41, 5.74) is 0. The molecule has 0 atom stereocenters. The van der Waals surface area contributed by atoms with Gasteiger partial charge in [0.25, 0.3) is 0 Å². The first-order valence-electron chi connectivity index (χ1n) is 7.87. The van der Waals surface area contributed by atoms with Crippen LogP contribution in [-0.4, -0.2) is 16.3 Å². The maximum Gasteiger partial charge on any atom is 4.00 e. The van der Waals surface area contributed by atoms with Gasteiger partial charge in [0, 0.05) is 6.42 Å². The van der Waals surface area contributed by atoms with Gasteiger partial charge in [-0.2, -0.15) is 0 Å². The van der Waals surface area contributed by atoms with Gasteiger partial charge in [0.1, 0.15) is 0 Å². The summed E-state index contributed by atoms with van der Waals surface area (Å²) < 4.78 is 0. The number of aliphatic carboxylic acids is 1. The van der Waals surface area contributed by atoms with Crippen LogP contribution in [0.1, 0.15) is 90.4 Å². The average Bonchev–Trinajstić information content (AvgIpc) is 2.40. The van der Waals surface area contributed by atoms with Crippen LogP contribution in [0.5, 0.6) is 0 Å². The maximum atomic E-state index is 10.3. The fraction of sp³-hybridized carbons (Fsp3) is 0.933. The minimum atomic E-state index is -0.655. The van der Waals surface area contributed by atoms with Gasteiger partial charge >= 0.3 is 27.0 Å². The third-order valence-electron chi connectivity index (χ3n) is 3.24. The van der Waals surface area contributed by atoms with Gasteiger partial charge in [-0.25, -0.2) is 0 Å². The molecule has 0 radical (unpaired) electrons. The number of halogens is 2. The summed E-state index contributed by atoms with van der Waals surface area (Å²) in [5.74, 6) is -0.655. The van der Waals surface area contributed by atoms with E-state index in [-0.39, 0.29) is 58.2 Å². The predicted octanol–water partition coefficient (Wildman–Crippen LogP) is -0.366. The molecule has 0 aromatic rings. The fourth-order valence-corrected chi connectivity index (χ4v) is 2.12. The van der Waals surface area contributed by atoms with Crippen LogP contribution in [0, 0.1) is 4.91 Å². The third-order valence-corrected chi connectivity index (χ3v) is 3.24. The molecule has 7 nitrogen and oxygen atoms in total. The Morgan fingerprint density at radius 1 is 0.760 bits per heavy atom. The van der Waals surface area contributed by atoms with Gasteiger partial charge in [0.05, 0.1) is 0 Å². The molecule has 0 unspecified atom stereocenters. The molecular weight excluding hydrogens is 552 g/mol. The molecule has 0 aliphatic heterocycles. The number of carboxylic acids is 1. The largest absolute Gasteiger partial charge is 4.00 e. The molecule has 0 heterocycles. The van der Waals surface area contributed by atoms with Crippen molar-refractivity contribution in [3.63, 3.8) is 0 Å². The molecule has 25 heavy (non-hydrogen) atoms. The van der Waals surface area contributed by atoms with E-state index in [0.29, 0.717) is 6.42 Å². The van der Waals surface area contributed by atoms with E-state index in [1.54, 1.807) is 0 Å². The van der Waals surface area contributed by atoms with Crippen LogP contribution in [0.15, 0.2) is 5.34 Å². The summed E-state index contributed by atoms with van der Waals surface area (Å²) in [6.07, 6.45) is 15.8. The summed E-state index contributed by atoms with van der Waals surface area (Å²) in [7, 11) is 0. The molecule has 0 bridgehead atoms. The molecular formula is C15H37Cl2N3O4Pt+2. The Bertz CT molecular complexity index is 233. The van der Waals surface area contributed by atoms with E-state index in [2.05, 4.69) is 6.92 Å². The van der Waals surface area contributed by atoms with Crippen LogP contribution in [0.3, 0.4) is 0 Å². The summed E-state index contributed by atoms with van der Waals surface area (Å²) in [6, 6.07) is 0. The van der Waals surface area contributed by atoms with Crippen molar-refractivity contribution in [3.8, 4) is 0 Å². The molecule has 0 aromatic carbocycles. The first-order valence-corrected chi connectivity index (χ1v) is 7.87. The molecule has 0 aliphatic rings. The third kappa shape index (κ3) is 59.2. The minimum absolute atomic E-state index is 0. The fourth-order valence-electron chi connectivity index (χ4n) is 2.12. The number of unbranched alkanes of at least 4 members (excludes halogenated alkanes) is 11. The van der Waals surface area contributed by atoms with Gasteiger partial charge in [0.2, 0.25) is 0 Å². The standard InChI is InChI=1S/C15H30O2.2ClH.HNO2.2H3N.Pt/c1-2-3-4-5-6-7-8-9-10-11-12-13-14-15(16)17;;;2-1-3;;;/h2-14H2,1H3,(H,16,17);2*1H;(H,2,3);2*1H3;/q;;;;;;+4/p-2. The normalized spacial score (nSPS) is 7.72. The van der Waals surface area contributed by atoms with Gasteiger partial charge in [-0.15, -0.1) is 4.91 Å². The van der Waals surface area contributed by atoms with Crippen molar-refractivity contribution < 1.29 is 61.0 Å². The van der Waals surface area contributed by atoms with E-state index in [0.717, 1.165) is 12.8 Å². The monoisotopic (exact) mass is 588 g/mol. The van der Waals surface area contributed by atoms with Crippen molar-refractivity contribution in [2.45, 2.75) is 90.4 Å². The van der Waals surface area contributed by atoms with Crippen molar-refractivity contribution >= 4 is 5.97 Å². The Hall–Kier alpha value is 0.0583. The zero-order chi connectivity index (χ0) is 15.5. The van der Waals surface area contributed by atoms with E-state index in [4.69, 9.17) is 15.2 Å². The van der Waals surface area contributed by atoms with Crippen LogP contribution in [0.25, 0.3) is 0 Å². The van der Waals surface area contributed by atoms with E-state index in [1.807, 2.05) is 0 Å². The molecule has 8 N–H and O–H groups in total. The number of carboxylic acid groups (broad SMARTS) is 1. The summed E-state index contributed by atoms with van der Waals surface area (Å²) in [4.78, 5) is 18.4.